The Morgan fingerprint density at radius 1 is 1.18 bits per heavy atom. The fraction of sp³-hybridized carbons (Fsp3) is 0.368. The summed E-state index contributed by atoms with van der Waals surface area (Å²) in [6.07, 6.45) is -3.69. The van der Waals surface area contributed by atoms with Crippen molar-refractivity contribution in [2.45, 2.75) is 18.7 Å². The van der Waals surface area contributed by atoms with Crippen LogP contribution in [0.1, 0.15) is 11.1 Å². The number of hydrogen-bond acceptors (Lipinski definition) is 4. The van der Waals surface area contributed by atoms with Gasteiger partial charge in [0.25, 0.3) is 5.91 Å². The molecule has 5 nitrogen and oxygen atoms in total. The number of rotatable bonds is 2. The summed E-state index contributed by atoms with van der Waals surface area (Å²) in [4.78, 5) is 20.1. The fourth-order valence-electron chi connectivity index (χ4n) is 3.48. The smallest absolute Gasteiger partial charge is 0.417 e. The van der Waals surface area contributed by atoms with Crippen molar-refractivity contribution in [2.75, 3.05) is 31.1 Å². The summed E-state index contributed by atoms with van der Waals surface area (Å²) in [5.74, 6) is 0.953. The summed E-state index contributed by atoms with van der Waals surface area (Å²) < 4.78 is 44.0. The molecule has 1 atom stereocenters. The van der Waals surface area contributed by atoms with Crippen LogP contribution < -0.4 is 9.64 Å². The molecule has 2 aliphatic heterocycles. The lowest BCUT2D eigenvalue weighted by Crippen LogP contribution is -2.52. The van der Waals surface area contributed by atoms with Crippen molar-refractivity contribution in [1.29, 1.82) is 0 Å². The minimum absolute atomic E-state index is 0.0517. The molecule has 0 aliphatic carbocycles. The molecule has 0 spiro atoms. The number of para-hydroxylation sites is 1. The van der Waals surface area contributed by atoms with Crippen LogP contribution in [0.15, 0.2) is 36.5 Å². The topological polar surface area (TPSA) is 45.7 Å². The van der Waals surface area contributed by atoms with E-state index in [1.807, 2.05) is 24.3 Å². The van der Waals surface area contributed by atoms with Crippen LogP contribution >= 0.6 is 11.6 Å². The van der Waals surface area contributed by atoms with Gasteiger partial charge in [0.05, 0.1) is 10.6 Å². The minimum Gasteiger partial charge on any atom is -0.480 e. The van der Waals surface area contributed by atoms with Crippen LogP contribution in [-0.4, -0.2) is 48.1 Å². The van der Waals surface area contributed by atoms with Gasteiger partial charge in [-0.2, -0.15) is 13.2 Å². The molecule has 28 heavy (non-hydrogen) atoms. The van der Waals surface area contributed by atoms with Gasteiger partial charge in [0.2, 0.25) is 0 Å². The molecule has 2 aromatic rings. The van der Waals surface area contributed by atoms with Crippen molar-refractivity contribution in [3.8, 4) is 5.75 Å². The van der Waals surface area contributed by atoms with Gasteiger partial charge in [-0.05, 0) is 17.7 Å². The first-order valence-corrected chi connectivity index (χ1v) is 9.22. The Kier molecular flexibility index (Phi) is 4.82. The summed E-state index contributed by atoms with van der Waals surface area (Å²) in [7, 11) is 0. The van der Waals surface area contributed by atoms with Crippen LogP contribution in [0.4, 0.5) is 19.0 Å². The van der Waals surface area contributed by atoms with E-state index >= 15 is 0 Å². The molecule has 0 bridgehead atoms. The summed E-state index contributed by atoms with van der Waals surface area (Å²) in [6, 6.07) is 8.45. The predicted octanol–water partition coefficient (Wildman–Crippen LogP) is 3.41. The Morgan fingerprint density at radius 3 is 2.54 bits per heavy atom. The third-order valence-corrected chi connectivity index (χ3v) is 5.24. The van der Waals surface area contributed by atoms with E-state index < -0.39 is 17.8 Å². The quantitative estimate of drug-likeness (QED) is 0.760. The second kappa shape index (κ2) is 7.16. The lowest BCUT2D eigenvalue weighted by Gasteiger charge is -2.36. The Hall–Kier alpha value is -2.48. The van der Waals surface area contributed by atoms with Crippen LogP contribution in [0.25, 0.3) is 0 Å². The number of carbonyl (C=O) groups excluding carboxylic acids is 1. The van der Waals surface area contributed by atoms with E-state index in [2.05, 4.69) is 4.98 Å². The van der Waals surface area contributed by atoms with Crippen molar-refractivity contribution < 1.29 is 22.7 Å². The maximum Gasteiger partial charge on any atom is 0.417 e. The number of aromatic nitrogens is 1. The van der Waals surface area contributed by atoms with Gasteiger partial charge in [0.1, 0.15) is 11.6 Å². The van der Waals surface area contributed by atoms with Crippen molar-refractivity contribution in [2.24, 2.45) is 0 Å². The third kappa shape index (κ3) is 3.61. The number of amides is 1. The van der Waals surface area contributed by atoms with Crippen LogP contribution in [0.5, 0.6) is 5.75 Å². The Labute approximate surface area is 164 Å². The molecule has 2 aliphatic rings. The van der Waals surface area contributed by atoms with Crippen molar-refractivity contribution in [3.63, 3.8) is 0 Å². The lowest BCUT2D eigenvalue weighted by molar-refractivity contribution is -0.138. The summed E-state index contributed by atoms with van der Waals surface area (Å²) >= 11 is 6.02. The molecule has 3 heterocycles. The maximum atomic E-state index is 12.8. The highest BCUT2D eigenvalue weighted by Crippen LogP contribution is 2.34. The zero-order valence-electron chi connectivity index (χ0n) is 14.7. The summed E-state index contributed by atoms with van der Waals surface area (Å²) in [6.45, 7) is 1.72. The average Bonchev–Trinajstić information content (AvgIpc) is 3.11. The number of pyridine rings is 1. The first kappa shape index (κ1) is 18.9. The van der Waals surface area contributed by atoms with Gasteiger partial charge >= 0.3 is 6.18 Å². The largest absolute Gasteiger partial charge is 0.480 e. The van der Waals surface area contributed by atoms with E-state index in [1.165, 1.54) is 0 Å². The van der Waals surface area contributed by atoms with Crippen LogP contribution in [0.3, 0.4) is 0 Å². The van der Waals surface area contributed by atoms with E-state index in [9.17, 15) is 18.0 Å². The molecular formula is C19H17ClF3N3O2. The maximum absolute atomic E-state index is 12.8. The highest BCUT2D eigenvalue weighted by atomic mass is 35.5. The van der Waals surface area contributed by atoms with Gasteiger partial charge < -0.3 is 14.5 Å². The number of benzene rings is 1. The number of anilines is 1. The van der Waals surface area contributed by atoms with E-state index in [0.29, 0.717) is 38.4 Å². The first-order valence-electron chi connectivity index (χ1n) is 8.84. The molecule has 0 radical (unpaired) electrons. The molecule has 1 aromatic carbocycles. The summed E-state index contributed by atoms with van der Waals surface area (Å²) in [5, 5.41) is -0.0517. The van der Waals surface area contributed by atoms with Crippen molar-refractivity contribution in [3.05, 3.63) is 52.7 Å². The van der Waals surface area contributed by atoms with Crippen LogP contribution in [0.2, 0.25) is 5.02 Å². The van der Waals surface area contributed by atoms with Crippen LogP contribution in [-0.2, 0) is 17.4 Å². The highest BCUT2D eigenvalue weighted by molar-refractivity contribution is 6.33. The highest BCUT2D eigenvalue weighted by Gasteiger charge is 2.35. The number of halogens is 4. The van der Waals surface area contributed by atoms with Crippen molar-refractivity contribution in [1.82, 2.24) is 9.88 Å². The molecule has 4 rings (SSSR count). The second-order valence-corrected chi connectivity index (χ2v) is 7.17. The zero-order chi connectivity index (χ0) is 19.9. The number of carbonyl (C=O) groups is 1. The Bertz CT molecular complexity index is 873. The molecule has 1 aromatic heterocycles. The molecule has 0 unspecified atom stereocenters. The average molecular weight is 412 g/mol. The number of alkyl halides is 3. The third-order valence-electron chi connectivity index (χ3n) is 4.96. The number of nitrogens with zero attached hydrogens (tertiary/aromatic N) is 3. The van der Waals surface area contributed by atoms with Gasteiger partial charge in [-0.3, -0.25) is 4.79 Å². The van der Waals surface area contributed by atoms with Gasteiger partial charge in [-0.25, -0.2) is 4.98 Å². The number of fused-ring (bicyclic) bond motifs is 1. The van der Waals surface area contributed by atoms with E-state index in [0.717, 1.165) is 23.6 Å². The van der Waals surface area contributed by atoms with E-state index in [4.69, 9.17) is 16.3 Å². The van der Waals surface area contributed by atoms with E-state index in [1.54, 1.807) is 9.80 Å². The first-order chi connectivity index (χ1) is 13.3. The minimum atomic E-state index is -4.49. The Balaban J connectivity index is 1.38. The van der Waals surface area contributed by atoms with Crippen molar-refractivity contribution >= 4 is 23.3 Å². The predicted molar refractivity (Wildman–Crippen MR) is 97.6 cm³/mol. The number of hydrogen-bond donors (Lipinski definition) is 0. The standard InChI is InChI=1S/C19H17ClF3N3O2/c20-14-10-13(19(21,22)23)11-24-17(14)25-5-7-26(8-6-25)18(27)16-9-12-3-1-2-4-15(12)28-16/h1-4,10-11,16H,5-9H2/t16-/m0/s1. The molecule has 1 amide bonds. The molecule has 0 N–H and O–H groups in total. The molecule has 0 saturated carbocycles. The number of piperazine rings is 1. The van der Waals surface area contributed by atoms with E-state index in [-0.39, 0.29) is 10.9 Å². The lowest BCUT2D eigenvalue weighted by atomic mass is 10.1. The Morgan fingerprint density at radius 2 is 1.89 bits per heavy atom. The normalized spacial score (nSPS) is 19.4. The molecule has 1 saturated heterocycles. The van der Waals surface area contributed by atoms with Gasteiger partial charge in [0.15, 0.2) is 6.10 Å². The molecule has 1 fully saturated rings. The zero-order valence-corrected chi connectivity index (χ0v) is 15.5. The SMILES string of the molecule is O=C([C@@H]1Cc2ccccc2O1)N1CCN(c2ncc(C(F)(F)F)cc2Cl)CC1. The molecule has 9 heteroatoms. The monoisotopic (exact) mass is 411 g/mol. The van der Waals surface area contributed by atoms with Crippen LogP contribution in [0, 0.1) is 0 Å². The fourth-order valence-corrected chi connectivity index (χ4v) is 3.77. The van der Waals surface area contributed by atoms with Gasteiger partial charge in [-0.15, -0.1) is 0 Å². The summed E-state index contributed by atoms with van der Waals surface area (Å²) in [5.41, 5.74) is 0.133. The second-order valence-electron chi connectivity index (χ2n) is 6.76. The van der Waals surface area contributed by atoms with Gasteiger partial charge in [0, 0.05) is 38.8 Å². The number of ether oxygens (including phenoxy) is 1. The van der Waals surface area contributed by atoms with Gasteiger partial charge in [-0.1, -0.05) is 29.8 Å². The molecular weight excluding hydrogens is 395 g/mol. The molecule has 148 valence electrons.